The van der Waals surface area contributed by atoms with Gasteiger partial charge in [0.2, 0.25) is 0 Å². The van der Waals surface area contributed by atoms with Crippen molar-refractivity contribution >= 4 is 18.0 Å². The van der Waals surface area contributed by atoms with Crippen LogP contribution in [0.2, 0.25) is 0 Å². The molecule has 1 fully saturated rings. The minimum absolute atomic E-state index is 0.0529. The van der Waals surface area contributed by atoms with Gasteiger partial charge in [-0.15, -0.1) is 0 Å². The molecule has 34 heavy (non-hydrogen) atoms. The van der Waals surface area contributed by atoms with Gasteiger partial charge >= 0.3 is 12.1 Å². The van der Waals surface area contributed by atoms with E-state index in [1.807, 2.05) is 31.2 Å². The van der Waals surface area contributed by atoms with Crippen LogP contribution in [0.1, 0.15) is 49.7 Å². The molecule has 2 aliphatic rings. The molecule has 0 radical (unpaired) electrons. The summed E-state index contributed by atoms with van der Waals surface area (Å²) in [4.78, 5) is 36.4. The number of carbonyl (C=O) groups is 3. The second kappa shape index (κ2) is 10.7. The van der Waals surface area contributed by atoms with Gasteiger partial charge in [-0.05, 0) is 35.1 Å². The largest absolute Gasteiger partial charge is 0.481 e. The van der Waals surface area contributed by atoms with Crippen LogP contribution in [0.5, 0.6) is 0 Å². The number of hydrogen-bond acceptors (Lipinski definition) is 5. The van der Waals surface area contributed by atoms with Gasteiger partial charge in [0.05, 0.1) is 12.5 Å². The normalized spacial score (nSPS) is 19.7. The number of benzene rings is 2. The number of rotatable bonds is 9. The van der Waals surface area contributed by atoms with Gasteiger partial charge in [0.25, 0.3) is 5.91 Å². The van der Waals surface area contributed by atoms with Crippen molar-refractivity contribution in [1.29, 1.82) is 0 Å². The predicted octanol–water partition coefficient (Wildman–Crippen LogP) is 3.44. The summed E-state index contributed by atoms with van der Waals surface area (Å²) in [5.74, 6) is -1.44. The highest BCUT2D eigenvalue weighted by Gasteiger charge is 2.37. The highest BCUT2D eigenvalue weighted by Crippen LogP contribution is 2.44. The molecule has 0 unspecified atom stereocenters. The molecule has 3 atom stereocenters. The monoisotopic (exact) mass is 466 g/mol. The number of carbonyl (C=O) groups excluding carboxylic acids is 2. The molecule has 0 aromatic heterocycles. The number of aliphatic carboxylic acids is 1. The second-order valence-corrected chi connectivity index (χ2v) is 8.75. The fraction of sp³-hybridized carbons (Fsp3) is 0.423. The molecule has 8 heteroatoms. The van der Waals surface area contributed by atoms with E-state index in [0.29, 0.717) is 19.4 Å². The maximum Gasteiger partial charge on any atom is 0.407 e. The number of fused-ring (bicyclic) bond motifs is 3. The van der Waals surface area contributed by atoms with Crippen LogP contribution >= 0.6 is 0 Å². The molecule has 0 saturated carbocycles. The summed E-state index contributed by atoms with van der Waals surface area (Å²) in [6.07, 6.45) is 0.121. The zero-order valence-electron chi connectivity index (χ0n) is 19.2. The van der Waals surface area contributed by atoms with Crippen LogP contribution in [0.25, 0.3) is 11.1 Å². The number of ether oxygens (including phenoxy) is 2. The summed E-state index contributed by atoms with van der Waals surface area (Å²) in [5.41, 5.74) is 4.55. The van der Waals surface area contributed by atoms with Gasteiger partial charge in [0, 0.05) is 18.6 Å². The maximum atomic E-state index is 12.7. The first-order valence-electron chi connectivity index (χ1n) is 11.7. The Morgan fingerprint density at radius 2 is 1.74 bits per heavy atom. The molecule has 2 amide bonds. The molecule has 4 rings (SSSR count). The Bertz CT molecular complexity index is 1010. The third-order valence-electron chi connectivity index (χ3n) is 6.40. The number of carboxylic acid groups (broad SMARTS) is 1. The molecular formula is C26H30N2O6. The van der Waals surface area contributed by atoms with Crippen LogP contribution in [0.15, 0.2) is 48.5 Å². The first-order valence-corrected chi connectivity index (χ1v) is 11.7. The smallest absolute Gasteiger partial charge is 0.407 e. The van der Waals surface area contributed by atoms with Crippen LogP contribution in [0.3, 0.4) is 0 Å². The lowest BCUT2D eigenvalue weighted by atomic mass is 9.98. The van der Waals surface area contributed by atoms with E-state index in [0.717, 1.165) is 28.7 Å². The van der Waals surface area contributed by atoms with Gasteiger partial charge in [-0.25, -0.2) is 4.79 Å². The van der Waals surface area contributed by atoms with Crippen molar-refractivity contribution < 1.29 is 29.0 Å². The molecule has 1 aliphatic heterocycles. The molecule has 0 bridgehead atoms. The second-order valence-electron chi connectivity index (χ2n) is 8.75. The van der Waals surface area contributed by atoms with Gasteiger partial charge < -0.3 is 25.2 Å². The zero-order valence-corrected chi connectivity index (χ0v) is 19.2. The molecule has 180 valence electrons. The van der Waals surface area contributed by atoms with Gasteiger partial charge in [-0.2, -0.15) is 0 Å². The van der Waals surface area contributed by atoms with Crippen LogP contribution in [0.4, 0.5) is 4.79 Å². The number of alkyl carbamates (subject to hydrolysis) is 1. The molecule has 0 spiro atoms. The summed E-state index contributed by atoms with van der Waals surface area (Å²) in [5, 5.41) is 14.6. The fourth-order valence-electron chi connectivity index (χ4n) is 4.86. The Kier molecular flexibility index (Phi) is 7.47. The molecule has 2 aromatic rings. The van der Waals surface area contributed by atoms with Crippen molar-refractivity contribution in [3.05, 3.63) is 59.7 Å². The zero-order chi connectivity index (χ0) is 24.1. The Morgan fingerprint density at radius 3 is 2.35 bits per heavy atom. The topological polar surface area (TPSA) is 114 Å². The SMILES string of the molecule is CCC[C@H](CC(=O)O)NC(=O)[C@H]1OCC[C@H]1NC(=O)OCC1c2ccccc2-c2ccccc21. The van der Waals surface area contributed by atoms with E-state index in [2.05, 4.69) is 34.9 Å². The van der Waals surface area contributed by atoms with E-state index >= 15 is 0 Å². The minimum Gasteiger partial charge on any atom is -0.481 e. The van der Waals surface area contributed by atoms with Crippen molar-refractivity contribution in [3.63, 3.8) is 0 Å². The van der Waals surface area contributed by atoms with E-state index in [1.54, 1.807) is 0 Å². The van der Waals surface area contributed by atoms with E-state index in [-0.39, 0.29) is 18.9 Å². The highest BCUT2D eigenvalue weighted by molar-refractivity contribution is 5.84. The Morgan fingerprint density at radius 1 is 1.09 bits per heavy atom. The molecule has 1 saturated heterocycles. The predicted molar refractivity (Wildman–Crippen MR) is 125 cm³/mol. The number of nitrogens with one attached hydrogen (secondary N) is 2. The van der Waals surface area contributed by atoms with E-state index in [4.69, 9.17) is 14.6 Å². The van der Waals surface area contributed by atoms with E-state index in [1.165, 1.54) is 0 Å². The van der Waals surface area contributed by atoms with Crippen molar-refractivity contribution in [3.8, 4) is 11.1 Å². The van der Waals surface area contributed by atoms with Crippen molar-refractivity contribution in [2.45, 2.75) is 56.7 Å². The van der Waals surface area contributed by atoms with Gasteiger partial charge in [-0.3, -0.25) is 9.59 Å². The van der Waals surface area contributed by atoms with Gasteiger partial charge in [-0.1, -0.05) is 61.9 Å². The average Bonchev–Trinajstić information content (AvgIpc) is 3.40. The lowest BCUT2D eigenvalue weighted by molar-refractivity contribution is -0.138. The van der Waals surface area contributed by atoms with Gasteiger partial charge in [0.1, 0.15) is 6.61 Å². The van der Waals surface area contributed by atoms with Crippen LogP contribution in [-0.2, 0) is 19.1 Å². The lowest BCUT2D eigenvalue weighted by Gasteiger charge is -2.23. The summed E-state index contributed by atoms with van der Waals surface area (Å²) in [7, 11) is 0. The fourth-order valence-corrected chi connectivity index (χ4v) is 4.86. The van der Waals surface area contributed by atoms with Crippen molar-refractivity contribution in [1.82, 2.24) is 10.6 Å². The molecule has 2 aromatic carbocycles. The Labute approximate surface area is 198 Å². The summed E-state index contributed by atoms with van der Waals surface area (Å²) < 4.78 is 11.1. The molecular weight excluding hydrogens is 436 g/mol. The van der Waals surface area contributed by atoms with Gasteiger partial charge in [0.15, 0.2) is 6.10 Å². The van der Waals surface area contributed by atoms with Crippen molar-refractivity contribution in [2.24, 2.45) is 0 Å². The standard InChI is InChI=1S/C26H30N2O6/c1-2-7-16(14-23(29)30)27-25(31)24-22(12-13-33-24)28-26(32)34-15-21-19-10-5-3-8-17(19)18-9-4-6-11-20(18)21/h3-6,8-11,16,21-22,24H,2,7,12-15H2,1H3,(H,27,31)(H,28,32)(H,29,30)/t16-,22-,24+/m1/s1. The van der Waals surface area contributed by atoms with Crippen molar-refractivity contribution in [2.75, 3.05) is 13.2 Å². The third kappa shape index (κ3) is 5.22. The van der Waals surface area contributed by atoms with E-state index in [9.17, 15) is 14.4 Å². The molecule has 1 heterocycles. The van der Waals surface area contributed by atoms with Crippen LogP contribution < -0.4 is 10.6 Å². The average molecular weight is 467 g/mol. The Balaban J connectivity index is 1.35. The first-order chi connectivity index (χ1) is 16.5. The highest BCUT2D eigenvalue weighted by atomic mass is 16.6. The first kappa shape index (κ1) is 23.8. The third-order valence-corrected chi connectivity index (χ3v) is 6.40. The summed E-state index contributed by atoms with van der Waals surface area (Å²) in [6.45, 7) is 2.43. The summed E-state index contributed by atoms with van der Waals surface area (Å²) >= 11 is 0. The van der Waals surface area contributed by atoms with E-state index < -0.39 is 36.2 Å². The maximum absolute atomic E-state index is 12.7. The van der Waals surface area contributed by atoms with Crippen LogP contribution in [0, 0.1) is 0 Å². The lowest BCUT2D eigenvalue weighted by Crippen LogP contribution is -2.51. The summed E-state index contributed by atoms with van der Waals surface area (Å²) in [6, 6.07) is 15.2. The molecule has 3 N–H and O–H groups in total. The van der Waals surface area contributed by atoms with Crippen LogP contribution in [-0.4, -0.2) is 54.5 Å². The Hall–Kier alpha value is -3.39. The molecule has 1 aliphatic carbocycles. The number of hydrogen-bond donors (Lipinski definition) is 3. The number of carboxylic acids is 1. The number of amides is 2. The quantitative estimate of drug-likeness (QED) is 0.522. The minimum atomic E-state index is -0.973. The molecule has 8 nitrogen and oxygen atoms in total.